The lowest BCUT2D eigenvalue weighted by Gasteiger charge is -2.10. The molecular formula is C20H13Cl2N3. The maximum Gasteiger partial charge on any atom is 0.139 e. The summed E-state index contributed by atoms with van der Waals surface area (Å²) in [6, 6.07) is 21.3. The molecule has 1 N–H and O–H groups in total. The van der Waals surface area contributed by atoms with Gasteiger partial charge in [-0.2, -0.15) is 0 Å². The molecule has 0 spiro atoms. The highest BCUT2D eigenvalue weighted by Crippen LogP contribution is 2.32. The highest BCUT2D eigenvalue weighted by molar-refractivity contribution is 6.34. The van der Waals surface area contributed by atoms with Gasteiger partial charge in [0.1, 0.15) is 5.15 Å². The molecule has 0 radical (unpaired) electrons. The molecule has 0 aliphatic rings. The summed E-state index contributed by atoms with van der Waals surface area (Å²) >= 11 is 12.7. The van der Waals surface area contributed by atoms with Gasteiger partial charge < -0.3 is 5.32 Å². The first-order chi connectivity index (χ1) is 12.2. The fourth-order valence-electron chi connectivity index (χ4n) is 2.64. The van der Waals surface area contributed by atoms with Crippen molar-refractivity contribution in [2.75, 3.05) is 5.32 Å². The van der Waals surface area contributed by atoms with Crippen LogP contribution in [0.2, 0.25) is 10.2 Å². The molecule has 0 atom stereocenters. The van der Waals surface area contributed by atoms with Crippen LogP contribution in [0.5, 0.6) is 0 Å². The Morgan fingerprint density at radius 1 is 0.840 bits per heavy atom. The van der Waals surface area contributed by atoms with Gasteiger partial charge in [0.15, 0.2) is 0 Å². The maximum absolute atomic E-state index is 6.45. The lowest BCUT2D eigenvalue weighted by Crippen LogP contribution is -1.92. The van der Waals surface area contributed by atoms with Crippen LogP contribution in [0.1, 0.15) is 0 Å². The first-order valence-electron chi connectivity index (χ1n) is 7.74. The first-order valence-corrected chi connectivity index (χ1v) is 8.49. The third-order valence-corrected chi connectivity index (χ3v) is 4.47. The normalized spacial score (nSPS) is 10.8. The van der Waals surface area contributed by atoms with Gasteiger partial charge in [0.2, 0.25) is 0 Å². The van der Waals surface area contributed by atoms with Crippen molar-refractivity contribution in [3.63, 3.8) is 0 Å². The van der Waals surface area contributed by atoms with Crippen molar-refractivity contribution in [2.45, 2.75) is 0 Å². The molecule has 4 aromatic rings. The predicted molar refractivity (Wildman–Crippen MR) is 105 cm³/mol. The van der Waals surface area contributed by atoms with Crippen molar-refractivity contribution >= 4 is 45.5 Å². The van der Waals surface area contributed by atoms with Crippen LogP contribution in [-0.4, -0.2) is 9.97 Å². The van der Waals surface area contributed by atoms with E-state index in [1.54, 1.807) is 6.20 Å². The third-order valence-electron chi connectivity index (χ3n) is 3.87. The summed E-state index contributed by atoms with van der Waals surface area (Å²) in [4.78, 5) is 8.83. The summed E-state index contributed by atoms with van der Waals surface area (Å²) in [6.45, 7) is 0. The summed E-state index contributed by atoms with van der Waals surface area (Å²) < 4.78 is 0. The molecule has 0 saturated carbocycles. The number of rotatable bonds is 3. The van der Waals surface area contributed by atoms with E-state index in [9.17, 15) is 0 Å². The third kappa shape index (κ3) is 3.29. The molecule has 2 heterocycles. The molecule has 2 aromatic heterocycles. The standard InChI is InChI=1S/C20H13Cl2N3/c21-16-11-13(8-9-17(16)24-14-5-2-1-3-6-14)18-12-19-15(20(22)25-18)7-4-10-23-19/h1-12,24H. The fraction of sp³-hybridized carbons (Fsp3) is 0. The van der Waals surface area contributed by atoms with E-state index >= 15 is 0 Å². The van der Waals surface area contributed by atoms with Crippen molar-refractivity contribution in [1.29, 1.82) is 0 Å². The second-order valence-corrected chi connectivity index (χ2v) is 6.32. The van der Waals surface area contributed by atoms with E-state index < -0.39 is 0 Å². The van der Waals surface area contributed by atoms with E-state index in [0.29, 0.717) is 10.2 Å². The Bertz CT molecular complexity index is 1050. The largest absolute Gasteiger partial charge is 0.354 e. The van der Waals surface area contributed by atoms with Crippen LogP contribution in [0.3, 0.4) is 0 Å². The molecule has 0 aliphatic carbocycles. The molecule has 122 valence electrons. The summed E-state index contributed by atoms with van der Waals surface area (Å²) in [7, 11) is 0. The molecule has 0 saturated heterocycles. The van der Waals surface area contributed by atoms with Gasteiger partial charge in [0.25, 0.3) is 0 Å². The van der Waals surface area contributed by atoms with E-state index in [0.717, 1.165) is 33.5 Å². The van der Waals surface area contributed by atoms with Gasteiger partial charge in [-0.1, -0.05) is 47.5 Å². The lowest BCUT2D eigenvalue weighted by molar-refractivity contribution is 1.32. The van der Waals surface area contributed by atoms with Crippen LogP contribution in [0.4, 0.5) is 11.4 Å². The van der Waals surface area contributed by atoms with Crippen molar-refractivity contribution in [2.24, 2.45) is 0 Å². The highest BCUT2D eigenvalue weighted by Gasteiger charge is 2.09. The number of hydrogen-bond acceptors (Lipinski definition) is 3. The minimum atomic E-state index is 0.434. The smallest absolute Gasteiger partial charge is 0.139 e. The van der Waals surface area contributed by atoms with Crippen molar-refractivity contribution in [3.8, 4) is 11.3 Å². The number of fused-ring (bicyclic) bond motifs is 1. The van der Waals surface area contributed by atoms with Crippen LogP contribution in [0, 0.1) is 0 Å². The molecule has 0 fully saturated rings. The van der Waals surface area contributed by atoms with Gasteiger partial charge in [0.05, 0.1) is 21.9 Å². The number of nitrogens with zero attached hydrogens (tertiary/aromatic N) is 2. The summed E-state index contributed by atoms with van der Waals surface area (Å²) in [5.74, 6) is 0. The van der Waals surface area contributed by atoms with E-state index in [1.807, 2.05) is 66.7 Å². The number of anilines is 2. The Kier molecular flexibility index (Phi) is 4.26. The average Bonchev–Trinajstić information content (AvgIpc) is 2.64. The van der Waals surface area contributed by atoms with Crippen LogP contribution in [0.25, 0.3) is 22.2 Å². The zero-order valence-corrected chi connectivity index (χ0v) is 14.6. The molecule has 0 amide bonds. The Labute approximate surface area is 155 Å². The monoisotopic (exact) mass is 365 g/mol. The van der Waals surface area contributed by atoms with Crippen LogP contribution in [-0.2, 0) is 0 Å². The van der Waals surface area contributed by atoms with E-state index in [2.05, 4.69) is 15.3 Å². The van der Waals surface area contributed by atoms with Crippen molar-refractivity contribution < 1.29 is 0 Å². The number of halogens is 2. The number of nitrogens with one attached hydrogen (secondary N) is 1. The molecule has 5 heteroatoms. The Morgan fingerprint density at radius 3 is 2.48 bits per heavy atom. The van der Waals surface area contributed by atoms with E-state index in [-0.39, 0.29) is 0 Å². The van der Waals surface area contributed by atoms with Crippen LogP contribution in [0.15, 0.2) is 72.9 Å². The quantitative estimate of drug-likeness (QED) is 0.430. The molecular weight excluding hydrogens is 353 g/mol. The van der Waals surface area contributed by atoms with Gasteiger partial charge >= 0.3 is 0 Å². The Morgan fingerprint density at radius 2 is 1.68 bits per heavy atom. The lowest BCUT2D eigenvalue weighted by atomic mass is 10.1. The SMILES string of the molecule is Clc1cc(-c2cc3ncccc3c(Cl)n2)ccc1Nc1ccccc1. The summed E-state index contributed by atoms with van der Waals surface area (Å²) in [6.07, 6.45) is 1.74. The second-order valence-electron chi connectivity index (χ2n) is 5.55. The van der Waals surface area contributed by atoms with Gasteiger partial charge in [-0.15, -0.1) is 0 Å². The zero-order chi connectivity index (χ0) is 17.2. The number of hydrogen-bond donors (Lipinski definition) is 1. The zero-order valence-electron chi connectivity index (χ0n) is 13.1. The highest BCUT2D eigenvalue weighted by atomic mass is 35.5. The Hall–Kier alpha value is -2.62. The van der Waals surface area contributed by atoms with Crippen molar-refractivity contribution in [1.82, 2.24) is 9.97 Å². The van der Waals surface area contributed by atoms with Gasteiger partial charge in [-0.25, -0.2) is 4.98 Å². The number of benzene rings is 2. The summed E-state index contributed by atoms with van der Waals surface area (Å²) in [5.41, 5.74) is 4.25. The molecule has 4 rings (SSSR count). The fourth-order valence-corrected chi connectivity index (χ4v) is 3.11. The Balaban J connectivity index is 1.71. The molecule has 25 heavy (non-hydrogen) atoms. The first kappa shape index (κ1) is 15.9. The topological polar surface area (TPSA) is 37.8 Å². The van der Waals surface area contributed by atoms with Gasteiger partial charge in [-0.3, -0.25) is 4.98 Å². The number of pyridine rings is 2. The second kappa shape index (κ2) is 6.71. The minimum Gasteiger partial charge on any atom is -0.354 e. The molecule has 3 nitrogen and oxygen atoms in total. The van der Waals surface area contributed by atoms with Crippen molar-refractivity contribution in [3.05, 3.63) is 83.1 Å². The molecule has 0 unspecified atom stereocenters. The number of para-hydroxylation sites is 1. The molecule has 2 aromatic carbocycles. The minimum absolute atomic E-state index is 0.434. The summed E-state index contributed by atoms with van der Waals surface area (Å²) in [5, 5.41) is 5.18. The average molecular weight is 366 g/mol. The van der Waals surface area contributed by atoms with Crippen LogP contribution >= 0.6 is 23.2 Å². The maximum atomic E-state index is 6.45. The van der Waals surface area contributed by atoms with Gasteiger partial charge in [-0.05, 0) is 42.5 Å². The number of aromatic nitrogens is 2. The molecule has 0 bridgehead atoms. The predicted octanol–water partition coefficient (Wildman–Crippen LogP) is 6.35. The van der Waals surface area contributed by atoms with Crippen LogP contribution < -0.4 is 5.32 Å². The van der Waals surface area contributed by atoms with E-state index in [4.69, 9.17) is 23.2 Å². The molecule has 0 aliphatic heterocycles. The van der Waals surface area contributed by atoms with Gasteiger partial charge in [0, 0.05) is 22.8 Å². The van der Waals surface area contributed by atoms with E-state index in [1.165, 1.54) is 0 Å².